The van der Waals surface area contributed by atoms with E-state index in [1.165, 1.54) is 0 Å². The van der Waals surface area contributed by atoms with Crippen molar-refractivity contribution in [2.45, 2.75) is 19.4 Å². The molecule has 0 radical (unpaired) electrons. The van der Waals surface area contributed by atoms with Gasteiger partial charge in [-0.05, 0) is 49.2 Å². The molecule has 4 aromatic rings. The van der Waals surface area contributed by atoms with Crippen molar-refractivity contribution in [3.8, 4) is 11.5 Å². The smallest absolute Gasteiger partial charge is 0.261 e. The van der Waals surface area contributed by atoms with E-state index in [0.717, 1.165) is 17.5 Å². The van der Waals surface area contributed by atoms with Crippen LogP contribution in [0.3, 0.4) is 0 Å². The molecular weight excluding hydrogens is 376 g/mol. The molecule has 1 aliphatic heterocycles. The number of nitrogens with zero attached hydrogens (tertiary/aromatic N) is 1. The van der Waals surface area contributed by atoms with Crippen LogP contribution in [-0.4, -0.2) is 10.5 Å². The molecule has 5 heteroatoms. The Kier molecular flexibility index (Phi) is 4.36. The molecule has 1 amide bonds. The Morgan fingerprint density at radius 2 is 1.77 bits per heavy atom. The van der Waals surface area contributed by atoms with E-state index in [0.29, 0.717) is 22.6 Å². The number of carbonyl (C=O) groups is 1. The minimum Gasteiger partial charge on any atom is -0.455 e. The lowest BCUT2D eigenvalue weighted by Crippen LogP contribution is -2.24. The van der Waals surface area contributed by atoms with Gasteiger partial charge in [-0.1, -0.05) is 42.5 Å². The molecule has 2 heterocycles. The maximum atomic E-state index is 13.1. The second kappa shape index (κ2) is 7.19. The summed E-state index contributed by atoms with van der Waals surface area (Å²) in [4.78, 5) is 26.2. The molecule has 148 valence electrons. The number of benzene rings is 3. The van der Waals surface area contributed by atoms with Gasteiger partial charge in [-0.3, -0.25) is 9.59 Å². The van der Waals surface area contributed by atoms with E-state index in [4.69, 9.17) is 4.74 Å². The Hall–Kier alpha value is -3.86. The number of hydrogen-bond acceptors (Lipinski definition) is 3. The second-order valence-electron chi connectivity index (χ2n) is 7.51. The predicted octanol–water partition coefficient (Wildman–Crippen LogP) is 5.16. The summed E-state index contributed by atoms with van der Waals surface area (Å²) in [6, 6.07) is 22.5. The first-order chi connectivity index (χ1) is 14.6. The molecular formula is C25H20N2O3. The third-order valence-corrected chi connectivity index (χ3v) is 5.48. The minimum atomic E-state index is -0.445. The molecule has 0 fully saturated rings. The topological polar surface area (TPSA) is 60.3 Å². The number of ether oxygens (including phenoxy) is 1. The molecule has 3 aromatic carbocycles. The van der Waals surface area contributed by atoms with Crippen LogP contribution in [0.25, 0.3) is 10.9 Å². The first kappa shape index (κ1) is 18.2. The van der Waals surface area contributed by atoms with Crippen molar-refractivity contribution in [1.29, 1.82) is 0 Å². The number of rotatable bonds is 4. The number of amides is 1. The zero-order chi connectivity index (χ0) is 20.7. The molecule has 1 aromatic heterocycles. The fraction of sp³-hybridized carbons (Fsp3) is 0.120. The Labute approximate surface area is 173 Å². The monoisotopic (exact) mass is 396 g/mol. The number of para-hydroxylation sites is 4. The van der Waals surface area contributed by atoms with Gasteiger partial charge in [0.25, 0.3) is 5.91 Å². The van der Waals surface area contributed by atoms with Crippen LogP contribution < -0.4 is 15.5 Å². The van der Waals surface area contributed by atoms with E-state index in [1.807, 2.05) is 59.2 Å². The molecule has 0 spiro atoms. The summed E-state index contributed by atoms with van der Waals surface area (Å²) >= 11 is 0. The largest absolute Gasteiger partial charge is 0.455 e. The number of pyridine rings is 1. The average Bonchev–Trinajstić information content (AvgIpc) is 3.08. The average molecular weight is 396 g/mol. The summed E-state index contributed by atoms with van der Waals surface area (Å²) in [5, 5.41) is 3.44. The Morgan fingerprint density at radius 3 is 2.60 bits per heavy atom. The molecule has 0 unspecified atom stereocenters. The molecule has 30 heavy (non-hydrogen) atoms. The zero-order valence-electron chi connectivity index (χ0n) is 16.5. The van der Waals surface area contributed by atoms with Crippen LogP contribution in [0.5, 0.6) is 11.5 Å². The van der Waals surface area contributed by atoms with Gasteiger partial charge in [0.05, 0.1) is 11.2 Å². The third-order valence-electron chi connectivity index (χ3n) is 5.48. The molecule has 5 rings (SSSR count). The highest BCUT2D eigenvalue weighted by molar-refractivity contribution is 6.06. The molecule has 5 nitrogen and oxygen atoms in total. The van der Waals surface area contributed by atoms with Crippen LogP contribution in [0.4, 0.5) is 5.69 Å². The predicted molar refractivity (Wildman–Crippen MR) is 118 cm³/mol. The maximum Gasteiger partial charge on any atom is 0.261 e. The number of aromatic nitrogens is 1. The third kappa shape index (κ3) is 3.05. The van der Waals surface area contributed by atoms with E-state index < -0.39 is 5.91 Å². The van der Waals surface area contributed by atoms with Gasteiger partial charge in [0, 0.05) is 17.6 Å². The van der Waals surface area contributed by atoms with Gasteiger partial charge in [-0.2, -0.15) is 0 Å². The van der Waals surface area contributed by atoms with Crippen LogP contribution in [0, 0.1) is 0 Å². The van der Waals surface area contributed by atoms with Gasteiger partial charge in [-0.25, -0.2) is 0 Å². The van der Waals surface area contributed by atoms with Crippen LogP contribution in [0.15, 0.2) is 83.8 Å². The zero-order valence-corrected chi connectivity index (χ0v) is 16.5. The number of carbonyl (C=O) groups excluding carboxylic acids is 1. The van der Waals surface area contributed by atoms with E-state index >= 15 is 0 Å². The first-order valence-electron chi connectivity index (χ1n) is 9.92. The standard InChI is InChI=1S/C25H20N2O3/c1-16-14-17-8-7-11-19-23(17)27(16)15-20(24(19)28)25(29)26-21-12-5-6-13-22(21)30-18-9-3-2-4-10-18/h2-13,15-16H,14H2,1H3,(H,26,29)/t16-/m0/s1. The normalized spacial score (nSPS) is 14.6. The van der Waals surface area contributed by atoms with Crippen molar-refractivity contribution in [2.24, 2.45) is 0 Å². The second-order valence-corrected chi connectivity index (χ2v) is 7.51. The van der Waals surface area contributed by atoms with E-state index in [1.54, 1.807) is 24.4 Å². The maximum absolute atomic E-state index is 13.1. The Morgan fingerprint density at radius 1 is 1.00 bits per heavy atom. The molecule has 0 bridgehead atoms. The molecule has 1 N–H and O–H groups in total. The lowest BCUT2D eigenvalue weighted by atomic mass is 10.1. The van der Waals surface area contributed by atoms with E-state index in [2.05, 4.69) is 12.2 Å². The fourth-order valence-electron chi connectivity index (χ4n) is 4.04. The summed E-state index contributed by atoms with van der Waals surface area (Å²) in [7, 11) is 0. The van der Waals surface area contributed by atoms with Gasteiger partial charge in [0.15, 0.2) is 5.75 Å². The van der Waals surface area contributed by atoms with Crippen molar-refractivity contribution in [2.75, 3.05) is 5.32 Å². The Bertz CT molecular complexity index is 1330. The number of anilines is 1. The Balaban J connectivity index is 1.52. The summed E-state index contributed by atoms with van der Waals surface area (Å²) < 4.78 is 7.95. The molecule has 1 aliphatic rings. The highest BCUT2D eigenvalue weighted by Gasteiger charge is 2.24. The summed E-state index contributed by atoms with van der Waals surface area (Å²) in [6.07, 6.45) is 2.54. The van der Waals surface area contributed by atoms with Crippen LogP contribution in [0.1, 0.15) is 28.9 Å². The van der Waals surface area contributed by atoms with Crippen LogP contribution >= 0.6 is 0 Å². The van der Waals surface area contributed by atoms with E-state index in [-0.39, 0.29) is 17.0 Å². The van der Waals surface area contributed by atoms with Gasteiger partial charge in [0.1, 0.15) is 11.3 Å². The highest BCUT2D eigenvalue weighted by Crippen LogP contribution is 2.32. The lowest BCUT2D eigenvalue weighted by molar-refractivity contribution is 0.102. The highest BCUT2D eigenvalue weighted by atomic mass is 16.5. The van der Waals surface area contributed by atoms with Crippen molar-refractivity contribution < 1.29 is 9.53 Å². The minimum absolute atomic E-state index is 0.128. The van der Waals surface area contributed by atoms with Crippen molar-refractivity contribution in [3.05, 3.63) is 100 Å². The number of hydrogen-bond donors (Lipinski definition) is 1. The van der Waals surface area contributed by atoms with Crippen molar-refractivity contribution in [3.63, 3.8) is 0 Å². The van der Waals surface area contributed by atoms with E-state index in [9.17, 15) is 9.59 Å². The summed E-state index contributed by atoms with van der Waals surface area (Å²) in [5.41, 5.74) is 2.46. The summed E-state index contributed by atoms with van der Waals surface area (Å²) in [5.74, 6) is 0.733. The molecule has 0 saturated heterocycles. The number of nitrogens with one attached hydrogen (secondary N) is 1. The van der Waals surface area contributed by atoms with Gasteiger partial charge in [-0.15, -0.1) is 0 Å². The SMILES string of the molecule is C[C@H]1Cc2cccc3c(=O)c(C(=O)Nc4ccccc4Oc4ccccc4)cn1c23. The quantitative estimate of drug-likeness (QED) is 0.518. The van der Waals surface area contributed by atoms with Crippen molar-refractivity contribution >= 4 is 22.5 Å². The molecule has 1 atom stereocenters. The van der Waals surface area contributed by atoms with Gasteiger partial charge >= 0.3 is 0 Å². The van der Waals surface area contributed by atoms with Crippen LogP contribution in [0.2, 0.25) is 0 Å². The van der Waals surface area contributed by atoms with Crippen molar-refractivity contribution in [1.82, 2.24) is 4.57 Å². The van der Waals surface area contributed by atoms with Gasteiger partial charge < -0.3 is 14.6 Å². The van der Waals surface area contributed by atoms with Gasteiger partial charge in [0.2, 0.25) is 5.43 Å². The summed E-state index contributed by atoms with van der Waals surface area (Å²) in [6.45, 7) is 2.09. The molecule has 0 aliphatic carbocycles. The fourth-order valence-corrected chi connectivity index (χ4v) is 4.04. The molecule has 0 saturated carbocycles. The first-order valence-corrected chi connectivity index (χ1v) is 9.92. The van der Waals surface area contributed by atoms with Crippen LogP contribution in [-0.2, 0) is 6.42 Å². The lowest BCUT2D eigenvalue weighted by Gasteiger charge is -2.14.